The molecule has 1 fully saturated rings. The lowest BCUT2D eigenvalue weighted by Gasteiger charge is -2.33. The molecule has 1 heterocycles. The van der Waals surface area contributed by atoms with Crippen molar-refractivity contribution < 1.29 is 9.53 Å². The molecule has 0 saturated carbocycles. The highest BCUT2D eigenvalue weighted by Crippen LogP contribution is 2.26. The normalized spacial score (nSPS) is 27.4. The van der Waals surface area contributed by atoms with Crippen molar-refractivity contribution in [1.29, 1.82) is 0 Å². The first kappa shape index (κ1) is 12.3. The van der Waals surface area contributed by atoms with Crippen LogP contribution in [-0.4, -0.2) is 24.8 Å². The highest BCUT2D eigenvalue weighted by molar-refractivity contribution is 5.65. The molecule has 4 heteroatoms. The van der Waals surface area contributed by atoms with E-state index in [9.17, 15) is 4.79 Å². The van der Waals surface area contributed by atoms with Gasteiger partial charge in [0.1, 0.15) is 5.60 Å². The van der Waals surface area contributed by atoms with Crippen molar-refractivity contribution in [3.8, 4) is 0 Å². The first-order valence-corrected chi connectivity index (χ1v) is 5.58. The molecular formula is C11H22N2O2. The molecule has 3 N–H and O–H groups in total. The number of rotatable bonds is 3. The van der Waals surface area contributed by atoms with Crippen molar-refractivity contribution in [3.63, 3.8) is 0 Å². The zero-order valence-electron chi connectivity index (χ0n) is 9.88. The molecule has 1 aliphatic rings. The summed E-state index contributed by atoms with van der Waals surface area (Å²) >= 11 is 0. The van der Waals surface area contributed by atoms with Gasteiger partial charge in [-0.25, -0.2) is 4.79 Å². The standard InChI is InChI=1S/C11H22N2O2/c1-8-4-9(7-13-6-8)5-11(2,3)15-10(12)14/h8-9,13H,4-7H2,1-3H3,(H2,12,14)/t8-,9-/m0/s1. The Balaban J connectivity index is 2.41. The first-order valence-electron chi connectivity index (χ1n) is 5.58. The Hall–Kier alpha value is -0.770. The number of hydrogen-bond acceptors (Lipinski definition) is 3. The Morgan fingerprint density at radius 2 is 2.20 bits per heavy atom. The van der Waals surface area contributed by atoms with E-state index in [-0.39, 0.29) is 0 Å². The van der Waals surface area contributed by atoms with Crippen LogP contribution in [0.3, 0.4) is 0 Å². The van der Waals surface area contributed by atoms with Crippen LogP contribution in [0.25, 0.3) is 0 Å². The SMILES string of the molecule is C[C@@H]1CNC[C@H](CC(C)(C)OC(N)=O)C1. The van der Waals surface area contributed by atoms with Gasteiger partial charge >= 0.3 is 6.09 Å². The molecule has 0 bridgehead atoms. The average Bonchev–Trinajstić information content (AvgIpc) is 1.99. The van der Waals surface area contributed by atoms with Gasteiger partial charge in [0.25, 0.3) is 0 Å². The molecule has 15 heavy (non-hydrogen) atoms. The highest BCUT2D eigenvalue weighted by atomic mass is 16.6. The van der Waals surface area contributed by atoms with Crippen LogP contribution in [0.15, 0.2) is 0 Å². The fourth-order valence-electron chi connectivity index (χ4n) is 2.43. The van der Waals surface area contributed by atoms with Gasteiger partial charge in [0.2, 0.25) is 0 Å². The van der Waals surface area contributed by atoms with Crippen molar-refractivity contribution in [3.05, 3.63) is 0 Å². The summed E-state index contributed by atoms with van der Waals surface area (Å²) in [6.07, 6.45) is 1.38. The third-order valence-corrected chi connectivity index (χ3v) is 2.82. The molecule has 0 aromatic carbocycles. The number of amides is 1. The molecule has 0 spiro atoms. The summed E-state index contributed by atoms with van der Waals surface area (Å²) in [6, 6.07) is 0. The van der Waals surface area contributed by atoms with E-state index < -0.39 is 11.7 Å². The average molecular weight is 214 g/mol. The van der Waals surface area contributed by atoms with Gasteiger partial charge in [-0.15, -0.1) is 0 Å². The number of hydrogen-bond donors (Lipinski definition) is 2. The van der Waals surface area contributed by atoms with Crippen molar-refractivity contribution in [2.24, 2.45) is 17.6 Å². The van der Waals surface area contributed by atoms with Crippen LogP contribution in [0.1, 0.15) is 33.6 Å². The van der Waals surface area contributed by atoms with Crippen molar-refractivity contribution in [2.45, 2.75) is 39.2 Å². The zero-order valence-corrected chi connectivity index (χ0v) is 9.88. The number of piperidine rings is 1. The number of ether oxygens (including phenoxy) is 1. The van der Waals surface area contributed by atoms with Gasteiger partial charge in [-0.3, -0.25) is 0 Å². The predicted molar refractivity (Wildman–Crippen MR) is 59.5 cm³/mol. The molecule has 0 unspecified atom stereocenters. The van der Waals surface area contributed by atoms with Crippen LogP contribution in [0.4, 0.5) is 4.79 Å². The van der Waals surface area contributed by atoms with E-state index in [1.165, 1.54) is 6.42 Å². The maximum Gasteiger partial charge on any atom is 0.405 e. The van der Waals surface area contributed by atoms with Gasteiger partial charge in [0.05, 0.1) is 0 Å². The first-order chi connectivity index (χ1) is 6.89. The summed E-state index contributed by atoms with van der Waals surface area (Å²) in [5.74, 6) is 1.27. The molecule has 1 rings (SSSR count). The van der Waals surface area contributed by atoms with Crippen molar-refractivity contribution >= 4 is 6.09 Å². The Labute approximate surface area is 91.5 Å². The number of nitrogens with two attached hydrogens (primary N) is 1. The third kappa shape index (κ3) is 4.51. The second-order valence-corrected chi connectivity index (χ2v) is 5.25. The molecule has 1 aliphatic heterocycles. The molecule has 0 aromatic heterocycles. The lowest BCUT2D eigenvalue weighted by atomic mass is 9.84. The minimum atomic E-state index is -0.684. The topological polar surface area (TPSA) is 64.3 Å². The maximum atomic E-state index is 10.7. The third-order valence-electron chi connectivity index (χ3n) is 2.82. The van der Waals surface area contributed by atoms with Crippen LogP contribution in [0.2, 0.25) is 0 Å². The quantitative estimate of drug-likeness (QED) is 0.748. The van der Waals surface area contributed by atoms with Crippen LogP contribution in [0.5, 0.6) is 0 Å². The van der Waals surface area contributed by atoms with E-state index in [1.54, 1.807) is 0 Å². The molecule has 0 aliphatic carbocycles. The van der Waals surface area contributed by atoms with Crippen LogP contribution in [-0.2, 0) is 4.74 Å². The molecule has 88 valence electrons. The molecule has 0 aromatic rings. The summed E-state index contributed by atoms with van der Waals surface area (Å²) in [5.41, 5.74) is 4.59. The molecule has 0 radical (unpaired) electrons. The summed E-state index contributed by atoms with van der Waals surface area (Å²) < 4.78 is 5.09. The second kappa shape index (κ2) is 4.84. The number of carbonyl (C=O) groups is 1. The van der Waals surface area contributed by atoms with Gasteiger partial charge in [-0.2, -0.15) is 0 Å². The fraction of sp³-hybridized carbons (Fsp3) is 0.909. The lowest BCUT2D eigenvalue weighted by Crippen LogP contribution is -2.40. The fourth-order valence-corrected chi connectivity index (χ4v) is 2.43. The van der Waals surface area contributed by atoms with E-state index in [1.807, 2.05) is 13.8 Å². The number of primary amides is 1. The minimum Gasteiger partial charge on any atom is -0.444 e. The van der Waals surface area contributed by atoms with Crippen LogP contribution < -0.4 is 11.1 Å². The Morgan fingerprint density at radius 1 is 1.53 bits per heavy atom. The monoisotopic (exact) mass is 214 g/mol. The van der Waals surface area contributed by atoms with Gasteiger partial charge < -0.3 is 15.8 Å². The summed E-state index contributed by atoms with van der Waals surface area (Å²) in [6.45, 7) is 8.17. The van der Waals surface area contributed by atoms with E-state index >= 15 is 0 Å². The largest absolute Gasteiger partial charge is 0.444 e. The van der Waals surface area contributed by atoms with E-state index in [0.29, 0.717) is 11.8 Å². The smallest absolute Gasteiger partial charge is 0.405 e. The van der Waals surface area contributed by atoms with Gasteiger partial charge in [-0.05, 0) is 51.6 Å². The highest BCUT2D eigenvalue weighted by Gasteiger charge is 2.28. The van der Waals surface area contributed by atoms with E-state index in [2.05, 4.69) is 12.2 Å². The minimum absolute atomic E-state index is 0.449. The predicted octanol–water partition coefficient (Wildman–Crippen LogP) is 1.50. The Bertz CT molecular complexity index is 229. The number of carbonyl (C=O) groups excluding carboxylic acids is 1. The van der Waals surface area contributed by atoms with Crippen molar-refractivity contribution in [1.82, 2.24) is 5.32 Å². The summed E-state index contributed by atoms with van der Waals surface area (Å²) in [4.78, 5) is 10.7. The second-order valence-electron chi connectivity index (χ2n) is 5.25. The Kier molecular flexibility index (Phi) is 3.97. The lowest BCUT2D eigenvalue weighted by molar-refractivity contribution is 0.0213. The molecular weight excluding hydrogens is 192 g/mol. The van der Waals surface area contributed by atoms with Gasteiger partial charge in [0.15, 0.2) is 0 Å². The molecule has 1 saturated heterocycles. The molecule has 2 atom stereocenters. The maximum absolute atomic E-state index is 10.7. The van der Waals surface area contributed by atoms with E-state index in [4.69, 9.17) is 10.5 Å². The summed E-state index contributed by atoms with van der Waals surface area (Å²) in [5, 5.41) is 3.39. The van der Waals surface area contributed by atoms with Gasteiger partial charge in [0, 0.05) is 0 Å². The van der Waals surface area contributed by atoms with Crippen molar-refractivity contribution in [2.75, 3.05) is 13.1 Å². The molecule has 1 amide bonds. The summed E-state index contributed by atoms with van der Waals surface area (Å²) in [7, 11) is 0. The Morgan fingerprint density at radius 3 is 2.73 bits per heavy atom. The van der Waals surface area contributed by atoms with Gasteiger partial charge in [-0.1, -0.05) is 6.92 Å². The van der Waals surface area contributed by atoms with E-state index in [0.717, 1.165) is 19.5 Å². The zero-order chi connectivity index (χ0) is 11.5. The van der Waals surface area contributed by atoms with Crippen LogP contribution in [0, 0.1) is 11.8 Å². The molecule has 4 nitrogen and oxygen atoms in total. The van der Waals surface area contributed by atoms with Crippen LogP contribution >= 0.6 is 0 Å². The number of nitrogens with one attached hydrogen (secondary N) is 1.